The number of nitrogens with zero attached hydrogens (tertiary/aromatic N) is 2. The lowest BCUT2D eigenvalue weighted by atomic mass is 9.75. The highest BCUT2D eigenvalue weighted by Gasteiger charge is 2.44. The molecule has 1 aliphatic heterocycles. The molecule has 1 aromatic heterocycles. The van der Waals surface area contributed by atoms with E-state index in [4.69, 9.17) is 4.84 Å². The average Bonchev–Trinajstić information content (AvgIpc) is 2.56. The average molecular weight is 320 g/mol. The van der Waals surface area contributed by atoms with Gasteiger partial charge in [-0.25, -0.2) is 4.79 Å². The first kappa shape index (κ1) is 17.9. The number of hydrogen-bond acceptors (Lipinski definition) is 5. The summed E-state index contributed by atoms with van der Waals surface area (Å²) >= 11 is 0. The van der Waals surface area contributed by atoms with Crippen molar-refractivity contribution in [3.05, 3.63) is 30.1 Å². The number of pyridine rings is 1. The molecule has 2 rings (SSSR count). The molecule has 0 amide bonds. The summed E-state index contributed by atoms with van der Waals surface area (Å²) in [5.41, 5.74) is -0.669. The summed E-state index contributed by atoms with van der Waals surface area (Å²) in [6.07, 6.45) is 7.32. The second-order valence-electron chi connectivity index (χ2n) is 6.65. The van der Waals surface area contributed by atoms with Gasteiger partial charge < -0.3 is 9.94 Å². The molecule has 5 heteroatoms. The number of carbonyl (C=O) groups excluding carboxylic acids is 1. The lowest BCUT2D eigenvalue weighted by Crippen LogP contribution is -2.45. The standard InChI is InChI=1S/C18H28N2O3/c1-4-14(2)16(17(21)23-20-11-6-5-7-12-20)18(3,22)15-9-8-10-19-13-15/h8-10,13-14,16,22H,4-7,11-12H2,1-3H3. The van der Waals surface area contributed by atoms with Crippen molar-refractivity contribution in [2.24, 2.45) is 11.8 Å². The second kappa shape index (κ2) is 7.88. The number of hydroxylamine groups is 2. The molecule has 1 saturated heterocycles. The van der Waals surface area contributed by atoms with Crippen molar-refractivity contribution in [2.75, 3.05) is 13.1 Å². The Morgan fingerprint density at radius 3 is 2.70 bits per heavy atom. The Balaban J connectivity index is 2.20. The van der Waals surface area contributed by atoms with E-state index in [1.807, 2.05) is 13.8 Å². The van der Waals surface area contributed by atoms with Crippen LogP contribution in [0.4, 0.5) is 0 Å². The predicted molar refractivity (Wildman–Crippen MR) is 88.3 cm³/mol. The minimum Gasteiger partial charge on any atom is -0.384 e. The Morgan fingerprint density at radius 1 is 1.43 bits per heavy atom. The van der Waals surface area contributed by atoms with E-state index in [0.29, 0.717) is 5.56 Å². The van der Waals surface area contributed by atoms with Crippen LogP contribution < -0.4 is 0 Å². The molecular weight excluding hydrogens is 292 g/mol. The van der Waals surface area contributed by atoms with Gasteiger partial charge in [0.25, 0.3) is 0 Å². The van der Waals surface area contributed by atoms with E-state index >= 15 is 0 Å². The minimum atomic E-state index is -1.31. The number of aromatic nitrogens is 1. The molecule has 1 fully saturated rings. The fourth-order valence-corrected chi connectivity index (χ4v) is 3.23. The Kier molecular flexibility index (Phi) is 6.13. The van der Waals surface area contributed by atoms with Crippen molar-refractivity contribution >= 4 is 5.97 Å². The highest BCUT2D eigenvalue weighted by Crippen LogP contribution is 2.36. The van der Waals surface area contributed by atoms with Gasteiger partial charge in [0.15, 0.2) is 0 Å². The largest absolute Gasteiger partial charge is 0.384 e. The van der Waals surface area contributed by atoms with E-state index < -0.39 is 11.5 Å². The highest BCUT2D eigenvalue weighted by atomic mass is 16.7. The number of aliphatic hydroxyl groups is 1. The quantitative estimate of drug-likeness (QED) is 0.873. The van der Waals surface area contributed by atoms with Crippen LogP contribution in [0.1, 0.15) is 52.0 Å². The topological polar surface area (TPSA) is 62.7 Å². The van der Waals surface area contributed by atoms with E-state index in [9.17, 15) is 9.90 Å². The molecule has 128 valence electrons. The Bertz CT molecular complexity index is 498. The van der Waals surface area contributed by atoms with Crippen LogP contribution in [0.3, 0.4) is 0 Å². The van der Waals surface area contributed by atoms with Crippen LogP contribution in [-0.2, 0) is 15.2 Å². The lowest BCUT2D eigenvalue weighted by molar-refractivity contribution is -0.210. The van der Waals surface area contributed by atoms with Crippen LogP contribution in [0, 0.1) is 11.8 Å². The van der Waals surface area contributed by atoms with E-state index in [1.54, 1.807) is 36.5 Å². The summed E-state index contributed by atoms with van der Waals surface area (Å²) < 4.78 is 0. The maximum absolute atomic E-state index is 12.8. The molecule has 0 bridgehead atoms. The molecule has 3 atom stereocenters. The molecular formula is C18H28N2O3. The number of hydrogen-bond donors (Lipinski definition) is 1. The van der Waals surface area contributed by atoms with Crippen molar-refractivity contribution in [1.29, 1.82) is 0 Å². The summed E-state index contributed by atoms with van der Waals surface area (Å²) in [5.74, 6) is -0.976. The van der Waals surface area contributed by atoms with Gasteiger partial charge in [0.1, 0.15) is 5.60 Å². The van der Waals surface area contributed by atoms with E-state index in [-0.39, 0.29) is 11.9 Å². The Hall–Kier alpha value is -1.46. The third-order valence-electron chi connectivity index (χ3n) is 4.85. The molecule has 1 aliphatic rings. The zero-order chi connectivity index (χ0) is 16.9. The summed E-state index contributed by atoms with van der Waals surface area (Å²) in [6.45, 7) is 7.22. The first-order valence-corrected chi connectivity index (χ1v) is 8.56. The van der Waals surface area contributed by atoms with Gasteiger partial charge in [0.2, 0.25) is 0 Å². The van der Waals surface area contributed by atoms with Gasteiger partial charge >= 0.3 is 5.97 Å². The summed E-state index contributed by atoms with van der Waals surface area (Å²) in [4.78, 5) is 22.5. The minimum absolute atomic E-state index is 0.00231. The monoisotopic (exact) mass is 320 g/mol. The van der Waals surface area contributed by atoms with Gasteiger partial charge in [-0.15, -0.1) is 5.06 Å². The Labute approximate surface area is 138 Å². The van der Waals surface area contributed by atoms with Crippen molar-refractivity contribution < 1.29 is 14.7 Å². The van der Waals surface area contributed by atoms with E-state index in [0.717, 1.165) is 32.4 Å². The molecule has 0 radical (unpaired) electrons. The number of piperidine rings is 1. The molecule has 1 aromatic rings. The number of carbonyl (C=O) groups is 1. The highest BCUT2D eigenvalue weighted by molar-refractivity contribution is 5.74. The maximum Gasteiger partial charge on any atom is 0.331 e. The first-order chi connectivity index (χ1) is 11.0. The van der Waals surface area contributed by atoms with Crippen molar-refractivity contribution in [3.63, 3.8) is 0 Å². The van der Waals surface area contributed by atoms with Crippen molar-refractivity contribution in [2.45, 2.75) is 52.1 Å². The fourth-order valence-electron chi connectivity index (χ4n) is 3.23. The van der Waals surface area contributed by atoms with Gasteiger partial charge in [-0.05, 0) is 31.7 Å². The molecule has 0 aromatic carbocycles. The van der Waals surface area contributed by atoms with Crippen LogP contribution >= 0.6 is 0 Å². The van der Waals surface area contributed by atoms with Gasteiger partial charge in [-0.2, -0.15) is 0 Å². The van der Waals surface area contributed by atoms with Crippen molar-refractivity contribution in [1.82, 2.24) is 10.0 Å². The van der Waals surface area contributed by atoms with Crippen LogP contribution in [0.25, 0.3) is 0 Å². The third kappa shape index (κ3) is 4.30. The van der Waals surface area contributed by atoms with Crippen LogP contribution in [-0.4, -0.2) is 34.2 Å². The summed E-state index contributed by atoms with van der Waals surface area (Å²) in [7, 11) is 0. The second-order valence-corrected chi connectivity index (χ2v) is 6.65. The molecule has 0 saturated carbocycles. The SMILES string of the molecule is CCC(C)C(C(=O)ON1CCCCC1)C(C)(O)c1cccnc1. The predicted octanol–water partition coefficient (Wildman–Crippen LogP) is 2.90. The fraction of sp³-hybridized carbons (Fsp3) is 0.667. The van der Waals surface area contributed by atoms with E-state index in [2.05, 4.69) is 4.98 Å². The molecule has 2 heterocycles. The molecule has 0 spiro atoms. The third-order valence-corrected chi connectivity index (χ3v) is 4.85. The molecule has 3 unspecified atom stereocenters. The normalized spacial score (nSPS) is 21.2. The maximum atomic E-state index is 12.8. The van der Waals surface area contributed by atoms with Crippen LogP contribution in [0.5, 0.6) is 0 Å². The van der Waals surface area contributed by atoms with Gasteiger partial charge in [-0.3, -0.25) is 4.98 Å². The van der Waals surface area contributed by atoms with E-state index in [1.165, 1.54) is 6.42 Å². The molecule has 0 aliphatic carbocycles. The smallest absolute Gasteiger partial charge is 0.331 e. The summed E-state index contributed by atoms with van der Waals surface area (Å²) in [5, 5.41) is 12.8. The van der Waals surface area contributed by atoms with Gasteiger partial charge in [0.05, 0.1) is 5.92 Å². The van der Waals surface area contributed by atoms with Gasteiger partial charge in [0, 0.05) is 31.0 Å². The number of rotatable bonds is 6. The van der Waals surface area contributed by atoms with Crippen LogP contribution in [0.15, 0.2) is 24.5 Å². The zero-order valence-corrected chi connectivity index (χ0v) is 14.4. The zero-order valence-electron chi connectivity index (χ0n) is 14.4. The lowest BCUT2D eigenvalue weighted by Gasteiger charge is -2.36. The van der Waals surface area contributed by atoms with Crippen LogP contribution in [0.2, 0.25) is 0 Å². The van der Waals surface area contributed by atoms with Crippen molar-refractivity contribution in [3.8, 4) is 0 Å². The summed E-state index contributed by atoms with van der Waals surface area (Å²) in [6, 6.07) is 3.57. The molecule has 5 nitrogen and oxygen atoms in total. The van der Waals surface area contributed by atoms with Gasteiger partial charge in [-0.1, -0.05) is 32.8 Å². The Morgan fingerprint density at radius 2 is 2.13 bits per heavy atom. The molecule has 23 heavy (non-hydrogen) atoms. The molecule has 1 N–H and O–H groups in total. The first-order valence-electron chi connectivity index (χ1n) is 8.56.